The first-order valence-corrected chi connectivity index (χ1v) is 14.0. The molecule has 1 aliphatic carbocycles. The van der Waals surface area contributed by atoms with Crippen LogP contribution in [-0.4, -0.2) is 44.2 Å². The molecule has 0 radical (unpaired) electrons. The van der Waals surface area contributed by atoms with Crippen molar-refractivity contribution in [2.24, 2.45) is 10.7 Å². The van der Waals surface area contributed by atoms with E-state index in [1.165, 1.54) is 18.2 Å². The van der Waals surface area contributed by atoms with Crippen molar-refractivity contribution in [3.8, 4) is 11.1 Å². The first kappa shape index (κ1) is 29.1. The third kappa shape index (κ3) is 6.57. The molecule has 2 atom stereocenters. The van der Waals surface area contributed by atoms with Gasteiger partial charge in [0.25, 0.3) is 0 Å². The van der Waals surface area contributed by atoms with E-state index < -0.39 is 17.5 Å². The van der Waals surface area contributed by atoms with Crippen molar-refractivity contribution in [3.05, 3.63) is 81.2 Å². The van der Waals surface area contributed by atoms with Crippen LogP contribution in [0.5, 0.6) is 0 Å². The molecule has 1 amide bonds. The number of alkyl carbamates (subject to hydrolysis) is 1. The Balaban J connectivity index is 1.52. The van der Waals surface area contributed by atoms with Gasteiger partial charge in [0.2, 0.25) is 5.56 Å². The molecule has 3 heterocycles. The Morgan fingerprint density at radius 3 is 2.74 bits per heavy atom. The number of nitrogens with one attached hydrogen (secondary N) is 3. The fraction of sp³-hybridized carbons (Fsp3) is 0.333. The minimum Gasteiger partial charge on any atom is -0.444 e. The summed E-state index contributed by atoms with van der Waals surface area (Å²) in [5.74, 6) is -0.385. The number of hydrogen-bond donors (Lipinski definition) is 4. The zero-order valence-electron chi connectivity index (χ0n) is 23.8. The molecule has 10 nitrogen and oxygen atoms in total. The van der Waals surface area contributed by atoms with Crippen molar-refractivity contribution in [2.45, 2.75) is 64.6 Å². The number of aromatic nitrogens is 3. The van der Waals surface area contributed by atoms with E-state index >= 15 is 0 Å². The van der Waals surface area contributed by atoms with Gasteiger partial charge in [-0.15, -0.1) is 0 Å². The highest BCUT2D eigenvalue weighted by Gasteiger charge is 2.29. The summed E-state index contributed by atoms with van der Waals surface area (Å²) in [6.07, 6.45) is 6.89. The van der Waals surface area contributed by atoms with Gasteiger partial charge in [0.1, 0.15) is 17.3 Å². The van der Waals surface area contributed by atoms with E-state index in [9.17, 15) is 14.0 Å². The van der Waals surface area contributed by atoms with Gasteiger partial charge in [0.05, 0.1) is 33.7 Å². The molecule has 0 saturated heterocycles. The highest BCUT2D eigenvalue weighted by molar-refractivity contribution is 6.33. The van der Waals surface area contributed by atoms with Gasteiger partial charge < -0.3 is 26.1 Å². The number of aryl methyl sites for hydroxylation is 1. The summed E-state index contributed by atoms with van der Waals surface area (Å²) in [6, 6.07) is 7.31. The number of halogens is 2. The van der Waals surface area contributed by atoms with Crippen molar-refractivity contribution >= 4 is 40.4 Å². The zero-order valence-corrected chi connectivity index (χ0v) is 24.6. The van der Waals surface area contributed by atoms with Crippen LogP contribution in [-0.2, 0) is 4.74 Å². The number of benzene rings is 1. The summed E-state index contributed by atoms with van der Waals surface area (Å²) in [6.45, 7) is 7.34. The lowest BCUT2D eigenvalue weighted by Gasteiger charge is -2.22. The van der Waals surface area contributed by atoms with Gasteiger partial charge in [-0.2, -0.15) is 5.10 Å². The van der Waals surface area contributed by atoms with E-state index in [-0.39, 0.29) is 34.2 Å². The number of aliphatic imine (C=N–C) groups is 1. The lowest BCUT2D eigenvalue weighted by atomic mass is 10.1. The maximum Gasteiger partial charge on any atom is 0.407 e. The Labute approximate surface area is 247 Å². The minimum absolute atomic E-state index is 0.00592. The number of anilines is 1. The maximum absolute atomic E-state index is 13.9. The van der Waals surface area contributed by atoms with Crippen molar-refractivity contribution in [1.82, 2.24) is 19.9 Å². The third-order valence-electron chi connectivity index (χ3n) is 7.01. The molecule has 1 saturated carbocycles. The van der Waals surface area contributed by atoms with Crippen LogP contribution < -0.4 is 21.9 Å². The summed E-state index contributed by atoms with van der Waals surface area (Å²) in [7, 11) is 0. The van der Waals surface area contributed by atoms with Crippen LogP contribution in [0.15, 0.2) is 58.7 Å². The molecule has 1 aliphatic rings. The molecule has 12 heteroatoms. The number of nitrogens with zero attached hydrogens (tertiary/aromatic N) is 3. The first-order valence-electron chi connectivity index (χ1n) is 13.6. The second-order valence-corrected chi connectivity index (χ2v) is 11.9. The topological polar surface area (TPSA) is 139 Å². The summed E-state index contributed by atoms with van der Waals surface area (Å²) in [5, 5.41) is 11.4. The van der Waals surface area contributed by atoms with Crippen LogP contribution in [0, 0.1) is 12.7 Å². The standard InChI is InChI=1S/C30H33ClFN7O3/c1-16-9-26(40)34-13-21(16)17-10-25-27(36-19-6-7-20(12-19)37-29(41)42-30(2,3)4)22(14-35-39(25)15-17)28(33)38-24-11-18(32)5-8-23(24)31/h5,8-11,13-15,19-20,36H,6-7,12H2,1-4H3,(H2,33,38)(H,34,40)(H,37,41)/t19-,20+/m1/s1. The lowest BCUT2D eigenvalue weighted by molar-refractivity contribution is 0.0505. The maximum atomic E-state index is 13.9. The van der Waals surface area contributed by atoms with Gasteiger partial charge in [-0.1, -0.05) is 11.6 Å². The molecule has 1 aromatic carbocycles. The number of aromatic amines is 1. The summed E-state index contributed by atoms with van der Waals surface area (Å²) < 4.78 is 21.1. The number of hydrogen-bond acceptors (Lipinski definition) is 6. The van der Waals surface area contributed by atoms with Crippen LogP contribution in [0.1, 0.15) is 51.2 Å². The van der Waals surface area contributed by atoms with Gasteiger partial charge in [-0.25, -0.2) is 18.7 Å². The molecule has 42 heavy (non-hydrogen) atoms. The second-order valence-electron chi connectivity index (χ2n) is 11.5. The Morgan fingerprint density at radius 1 is 1.24 bits per heavy atom. The van der Waals surface area contributed by atoms with Gasteiger partial charge in [-0.05, 0) is 70.7 Å². The van der Waals surface area contributed by atoms with E-state index in [4.69, 9.17) is 22.1 Å². The van der Waals surface area contributed by atoms with E-state index in [1.54, 1.807) is 23.0 Å². The third-order valence-corrected chi connectivity index (χ3v) is 7.33. The number of amides is 1. The fourth-order valence-electron chi connectivity index (χ4n) is 5.12. The van der Waals surface area contributed by atoms with Crippen molar-refractivity contribution in [2.75, 3.05) is 5.32 Å². The largest absolute Gasteiger partial charge is 0.444 e. The molecule has 3 aromatic heterocycles. The van der Waals surface area contributed by atoms with Gasteiger partial charge in [-0.3, -0.25) is 4.79 Å². The average Bonchev–Trinajstić information content (AvgIpc) is 3.52. The SMILES string of the molecule is Cc1cc(=O)[nH]cc1-c1cc2c(N[C@@H]3CC[C@H](NC(=O)OC(C)(C)C)C3)c(C(N)=Nc3cc(F)ccc3Cl)cnn2c1. The summed E-state index contributed by atoms with van der Waals surface area (Å²) in [5.41, 5.74) is 10.3. The van der Waals surface area contributed by atoms with Crippen LogP contribution in [0.4, 0.5) is 20.6 Å². The molecular formula is C30H33ClFN7O3. The Morgan fingerprint density at radius 2 is 2.00 bits per heavy atom. The smallest absolute Gasteiger partial charge is 0.407 e. The Hall–Kier alpha value is -4.38. The van der Waals surface area contributed by atoms with Crippen LogP contribution in [0.25, 0.3) is 16.6 Å². The predicted molar refractivity (Wildman–Crippen MR) is 162 cm³/mol. The Kier molecular flexibility index (Phi) is 7.96. The zero-order chi connectivity index (χ0) is 30.2. The number of carbonyl (C=O) groups excluding carboxylic acids is 1. The van der Waals surface area contributed by atoms with E-state index in [1.807, 2.05) is 40.0 Å². The number of ether oxygens (including phenoxy) is 1. The molecule has 5 rings (SSSR count). The number of amidine groups is 1. The number of fused-ring (bicyclic) bond motifs is 1. The summed E-state index contributed by atoms with van der Waals surface area (Å²) in [4.78, 5) is 31.3. The molecule has 0 bridgehead atoms. The van der Waals surface area contributed by atoms with Crippen LogP contribution in [0.2, 0.25) is 5.02 Å². The quantitative estimate of drug-likeness (QED) is 0.167. The molecule has 5 N–H and O–H groups in total. The van der Waals surface area contributed by atoms with Gasteiger partial charge in [0, 0.05) is 47.7 Å². The first-order chi connectivity index (χ1) is 19.9. The van der Waals surface area contributed by atoms with Gasteiger partial charge >= 0.3 is 6.09 Å². The van der Waals surface area contributed by atoms with Gasteiger partial charge in [0.15, 0.2) is 0 Å². The normalized spacial score (nSPS) is 17.4. The highest BCUT2D eigenvalue weighted by Crippen LogP contribution is 2.33. The number of pyridine rings is 1. The van der Waals surface area contributed by atoms with Crippen LogP contribution in [0.3, 0.4) is 0 Å². The fourth-order valence-corrected chi connectivity index (χ4v) is 5.28. The van der Waals surface area contributed by atoms with E-state index in [2.05, 4.69) is 25.7 Å². The molecule has 220 valence electrons. The summed E-state index contributed by atoms with van der Waals surface area (Å²) >= 11 is 6.26. The molecule has 4 aromatic rings. The molecule has 0 spiro atoms. The lowest BCUT2D eigenvalue weighted by Crippen LogP contribution is -2.38. The number of carbonyl (C=O) groups is 1. The van der Waals surface area contributed by atoms with Crippen molar-refractivity contribution in [1.29, 1.82) is 0 Å². The second kappa shape index (κ2) is 11.5. The van der Waals surface area contributed by atoms with Crippen molar-refractivity contribution in [3.63, 3.8) is 0 Å². The highest BCUT2D eigenvalue weighted by atomic mass is 35.5. The average molecular weight is 594 g/mol. The predicted octanol–water partition coefficient (Wildman–Crippen LogP) is 5.69. The van der Waals surface area contributed by atoms with E-state index in [0.717, 1.165) is 35.0 Å². The molecule has 0 unspecified atom stereocenters. The number of H-pyrrole nitrogens is 1. The van der Waals surface area contributed by atoms with E-state index in [0.29, 0.717) is 17.7 Å². The molecule has 1 fully saturated rings. The van der Waals surface area contributed by atoms with Crippen molar-refractivity contribution < 1.29 is 13.9 Å². The number of nitrogens with two attached hydrogens (primary N) is 1. The number of rotatable bonds is 6. The minimum atomic E-state index is -0.587. The molecule has 0 aliphatic heterocycles. The molecular weight excluding hydrogens is 561 g/mol. The Bertz CT molecular complexity index is 1740. The van der Waals surface area contributed by atoms with Crippen LogP contribution >= 0.6 is 11.6 Å². The monoisotopic (exact) mass is 593 g/mol.